The van der Waals surface area contributed by atoms with Gasteiger partial charge in [-0.15, -0.1) is 5.10 Å². The third kappa shape index (κ3) is 7.36. The van der Waals surface area contributed by atoms with Crippen LogP contribution in [0.5, 0.6) is 0 Å². The van der Waals surface area contributed by atoms with Gasteiger partial charge >= 0.3 is 12.4 Å². The van der Waals surface area contributed by atoms with Crippen molar-refractivity contribution in [2.24, 2.45) is 0 Å². The molecule has 2 aromatic heterocycles. The van der Waals surface area contributed by atoms with Gasteiger partial charge in [0.1, 0.15) is 17.6 Å². The number of hydrogen-bond donors (Lipinski definition) is 3. The predicted octanol–water partition coefficient (Wildman–Crippen LogP) is 9.05. The first-order chi connectivity index (χ1) is 23.2. The summed E-state index contributed by atoms with van der Waals surface area (Å²) < 4.78 is 99.0. The third-order valence-electron chi connectivity index (χ3n) is 8.00. The van der Waals surface area contributed by atoms with Gasteiger partial charge in [-0.3, -0.25) is 4.98 Å². The number of benzene rings is 3. The van der Waals surface area contributed by atoms with E-state index in [0.717, 1.165) is 6.07 Å². The molecule has 1 aliphatic heterocycles. The molecule has 1 saturated heterocycles. The molecule has 17 heteroatoms. The maximum Gasteiger partial charge on any atom is 0.416 e. The van der Waals surface area contributed by atoms with E-state index < -0.39 is 35.3 Å². The molecule has 8 nitrogen and oxygen atoms in total. The molecule has 254 valence electrons. The summed E-state index contributed by atoms with van der Waals surface area (Å²) in [6.45, 7) is 1.39. The fourth-order valence-corrected chi connectivity index (χ4v) is 6.04. The summed E-state index contributed by atoms with van der Waals surface area (Å²) in [5.74, 6) is -0.673. The van der Waals surface area contributed by atoms with Crippen LogP contribution < -0.4 is 16.0 Å². The van der Waals surface area contributed by atoms with E-state index in [9.17, 15) is 36.0 Å². The number of anilines is 3. The SMILES string of the molecule is N#Cc1cnc2c(Cl)cc(NC(c3cc(C(F)(F)F)cc(C(F)(F)F)c3)c3cn(C4CCNCC4)nn3)cc2c1Nc1ccc(F)c(Cl)c1. The van der Waals surface area contributed by atoms with Gasteiger partial charge in [0.2, 0.25) is 0 Å². The van der Waals surface area contributed by atoms with Gasteiger partial charge in [0.05, 0.1) is 56.2 Å². The molecule has 49 heavy (non-hydrogen) atoms. The van der Waals surface area contributed by atoms with Crippen molar-refractivity contribution in [2.75, 3.05) is 23.7 Å². The predicted molar refractivity (Wildman–Crippen MR) is 169 cm³/mol. The number of pyridine rings is 1. The van der Waals surface area contributed by atoms with E-state index in [1.807, 2.05) is 6.07 Å². The second-order valence-corrected chi connectivity index (χ2v) is 12.1. The van der Waals surface area contributed by atoms with Crippen LogP contribution in [0, 0.1) is 17.1 Å². The number of rotatable bonds is 7. The van der Waals surface area contributed by atoms with Crippen LogP contribution in [0.3, 0.4) is 0 Å². The Morgan fingerprint density at radius 1 is 0.918 bits per heavy atom. The zero-order valence-electron chi connectivity index (χ0n) is 24.9. The lowest BCUT2D eigenvalue weighted by Gasteiger charge is -2.23. The summed E-state index contributed by atoms with van der Waals surface area (Å²) in [6.07, 6.45) is -6.06. The number of halogens is 9. The van der Waals surface area contributed by atoms with Gasteiger partial charge in [0.25, 0.3) is 0 Å². The number of fused-ring (bicyclic) bond motifs is 1. The Labute approximate surface area is 283 Å². The smallest absolute Gasteiger partial charge is 0.373 e. The average Bonchev–Trinajstić information content (AvgIpc) is 3.55. The van der Waals surface area contributed by atoms with E-state index in [4.69, 9.17) is 23.2 Å². The second kappa shape index (κ2) is 13.3. The van der Waals surface area contributed by atoms with Crippen LogP contribution in [0.15, 0.2) is 60.9 Å². The lowest BCUT2D eigenvalue weighted by Crippen LogP contribution is -2.29. The Kier molecular flexibility index (Phi) is 9.31. The third-order valence-corrected chi connectivity index (χ3v) is 8.57. The highest BCUT2D eigenvalue weighted by Crippen LogP contribution is 2.41. The Morgan fingerprint density at radius 3 is 2.22 bits per heavy atom. The van der Waals surface area contributed by atoms with Gasteiger partial charge in [-0.25, -0.2) is 9.07 Å². The van der Waals surface area contributed by atoms with Crippen molar-refractivity contribution in [1.29, 1.82) is 5.26 Å². The van der Waals surface area contributed by atoms with Crippen molar-refractivity contribution in [3.05, 3.63) is 105 Å². The Hall–Kier alpha value is -4.65. The maximum atomic E-state index is 13.9. The first kappa shape index (κ1) is 34.2. The summed E-state index contributed by atoms with van der Waals surface area (Å²) in [6, 6.07) is 8.50. The molecule has 5 aromatic rings. The minimum atomic E-state index is -5.09. The number of nitrogens with zero attached hydrogens (tertiary/aromatic N) is 5. The van der Waals surface area contributed by atoms with Crippen molar-refractivity contribution < 1.29 is 30.7 Å². The largest absolute Gasteiger partial charge is 0.416 e. The van der Waals surface area contributed by atoms with Crippen LogP contribution in [0.25, 0.3) is 10.9 Å². The van der Waals surface area contributed by atoms with Crippen molar-refractivity contribution >= 4 is 51.2 Å². The van der Waals surface area contributed by atoms with Crippen LogP contribution in [0.2, 0.25) is 10.0 Å². The standard InChI is InChI=1S/C32H23Cl2F7N8/c33-24-11-20(1-2-26(24)35)45-28-17(13-42)14-44-30-23(28)10-21(12-25(30)34)46-29(27-15-49(48-47-27)22-3-5-43-6-4-22)16-7-18(31(36,37)38)9-19(8-16)32(39,40)41/h1-2,7-12,14-15,22,29,43,46H,3-6H2,(H,44,45). The Morgan fingerprint density at radius 2 is 1.59 bits per heavy atom. The molecule has 3 aromatic carbocycles. The van der Waals surface area contributed by atoms with E-state index in [-0.39, 0.29) is 61.3 Å². The molecule has 0 aliphatic carbocycles. The van der Waals surface area contributed by atoms with Gasteiger partial charge in [-0.05, 0) is 80.0 Å². The zero-order valence-corrected chi connectivity index (χ0v) is 26.4. The lowest BCUT2D eigenvalue weighted by atomic mass is 9.97. The zero-order chi connectivity index (χ0) is 35.1. The summed E-state index contributed by atoms with van der Waals surface area (Å²) in [5, 5.41) is 27.5. The molecule has 1 aliphatic rings. The fourth-order valence-electron chi connectivity index (χ4n) is 5.59. The number of hydrogen-bond acceptors (Lipinski definition) is 7. The van der Waals surface area contributed by atoms with E-state index >= 15 is 0 Å². The van der Waals surface area contributed by atoms with Gasteiger partial charge in [0, 0.05) is 23.0 Å². The minimum Gasteiger partial charge on any atom is -0.373 e. The molecule has 0 spiro atoms. The molecule has 0 saturated carbocycles. The van der Waals surface area contributed by atoms with Gasteiger partial charge in [0.15, 0.2) is 0 Å². The molecule has 6 rings (SSSR count). The Bertz CT molecular complexity index is 2040. The monoisotopic (exact) mass is 722 g/mol. The number of piperidine rings is 1. The molecule has 1 fully saturated rings. The first-order valence-electron chi connectivity index (χ1n) is 14.6. The maximum absolute atomic E-state index is 13.9. The fraction of sp³-hybridized carbons (Fsp3) is 0.250. The summed E-state index contributed by atoms with van der Waals surface area (Å²) >= 11 is 12.6. The highest BCUT2D eigenvalue weighted by atomic mass is 35.5. The molecule has 0 radical (unpaired) electrons. The molecule has 1 unspecified atom stereocenters. The number of alkyl halides is 6. The minimum absolute atomic E-state index is 0.0433. The number of nitrogens with one attached hydrogen (secondary N) is 3. The van der Waals surface area contributed by atoms with Crippen LogP contribution in [-0.2, 0) is 12.4 Å². The van der Waals surface area contributed by atoms with Gasteiger partial charge < -0.3 is 16.0 Å². The van der Waals surface area contributed by atoms with Crippen molar-refractivity contribution in [3.8, 4) is 6.07 Å². The van der Waals surface area contributed by atoms with Crippen LogP contribution in [0.4, 0.5) is 47.8 Å². The first-order valence-corrected chi connectivity index (χ1v) is 15.4. The van der Waals surface area contributed by atoms with Gasteiger partial charge in [-0.1, -0.05) is 28.4 Å². The molecule has 3 N–H and O–H groups in total. The summed E-state index contributed by atoms with van der Waals surface area (Å²) in [4.78, 5) is 4.27. The van der Waals surface area contributed by atoms with E-state index in [0.29, 0.717) is 43.8 Å². The summed E-state index contributed by atoms with van der Waals surface area (Å²) in [5.41, 5.74) is -2.44. The Balaban J connectivity index is 1.50. The van der Waals surface area contributed by atoms with Crippen molar-refractivity contribution in [1.82, 2.24) is 25.3 Å². The van der Waals surface area contributed by atoms with Crippen molar-refractivity contribution in [2.45, 2.75) is 37.3 Å². The molecular formula is C32H23Cl2F7N8. The molecular weight excluding hydrogens is 700 g/mol. The van der Waals surface area contributed by atoms with Crippen LogP contribution in [-0.4, -0.2) is 33.1 Å². The second-order valence-electron chi connectivity index (χ2n) is 11.3. The van der Waals surface area contributed by atoms with E-state index in [2.05, 4.69) is 31.2 Å². The average molecular weight is 723 g/mol. The molecule has 0 bridgehead atoms. The number of aromatic nitrogens is 4. The molecule has 3 heterocycles. The van der Waals surface area contributed by atoms with Gasteiger partial charge in [-0.2, -0.15) is 31.6 Å². The normalized spacial score (nSPS) is 14.9. The molecule has 1 atom stereocenters. The topological polar surface area (TPSA) is 103 Å². The lowest BCUT2D eigenvalue weighted by molar-refractivity contribution is -0.143. The van der Waals surface area contributed by atoms with E-state index in [1.165, 1.54) is 36.7 Å². The number of nitriles is 1. The quantitative estimate of drug-likeness (QED) is 0.144. The highest BCUT2D eigenvalue weighted by Gasteiger charge is 2.38. The van der Waals surface area contributed by atoms with Crippen LogP contribution in [0.1, 0.15) is 52.9 Å². The highest BCUT2D eigenvalue weighted by molar-refractivity contribution is 6.36. The van der Waals surface area contributed by atoms with E-state index in [1.54, 1.807) is 4.68 Å². The van der Waals surface area contributed by atoms with Crippen LogP contribution >= 0.6 is 23.2 Å². The summed E-state index contributed by atoms with van der Waals surface area (Å²) in [7, 11) is 0. The van der Waals surface area contributed by atoms with Crippen molar-refractivity contribution in [3.63, 3.8) is 0 Å². The molecule has 0 amide bonds.